The molecule has 2 unspecified atom stereocenters. The van der Waals surface area contributed by atoms with Crippen molar-refractivity contribution in [2.75, 3.05) is 0 Å². The Labute approximate surface area is 115 Å². The second-order valence-electron chi connectivity index (χ2n) is 5.51. The molecular weight excluding hydrogens is 272 g/mol. The van der Waals surface area contributed by atoms with Crippen molar-refractivity contribution < 1.29 is 39.2 Å². The van der Waals surface area contributed by atoms with E-state index in [9.17, 15) is 24.3 Å². The van der Waals surface area contributed by atoms with Crippen LogP contribution in [-0.4, -0.2) is 44.8 Å². The molecule has 0 aromatic carbocycles. The Kier molecular flexibility index (Phi) is 5.41. The number of carboxylic acids is 2. The Hall–Kier alpha value is -1.96. The summed E-state index contributed by atoms with van der Waals surface area (Å²) in [6.45, 7) is 5.22. The maximum Gasteiger partial charge on any atom is 0.337 e. The molecule has 0 fully saturated rings. The zero-order chi connectivity index (χ0) is 16.3. The Morgan fingerprint density at radius 2 is 1.55 bits per heavy atom. The summed E-state index contributed by atoms with van der Waals surface area (Å²) >= 11 is 0. The number of rotatable bonds is 5. The molecule has 0 aromatic rings. The minimum Gasteiger partial charge on any atom is -0.481 e. The fourth-order valence-electron chi connectivity index (χ4n) is 2.00. The van der Waals surface area contributed by atoms with Crippen molar-refractivity contribution in [3.05, 3.63) is 0 Å². The zero-order valence-electron chi connectivity index (χ0n) is 11.7. The highest BCUT2D eigenvalue weighted by Crippen LogP contribution is 2.38. The van der Waals surface area contributed by atoms with E-state index in [2.05, 4.69) is 4.74 Å². The predicted molar refractivity (Wildman–Crippen MR) is 64.6 cm³/mol. The van der Waals surface area contributed by atoms with E-state index < -0.39 is 47.2 Å². The number of hydrogen-bond acceptors (Lipinski definition) is 6. The molecule has 0 rings (SSSR count). The molecule has 2 atom stereocenters. The van der Waals surface area contributed by atoms with Gasteiger partial charge in [-0.05, 0) is 5.41 Å². The first-order valence-corrected chi connectivity index (χ1v) is 5.72. The number of aliphatic hydroxyl groups is 1. The van der Waals surface area contributed by atoms with Crippen LogP contribution in [0.5, 0.6) is 0 Å². The van der Waals surface area contributed by atoms with Crippen molar-refractivity contribution in [3.63, 3.8) is 0 Å². The minimum atomic E-state index is -2.88. The van der Waals surface area contributed by atoms with Gasteiger partial charge in [-0.25, -0.2) is 4.79 Å². The molecule has 0 bridgehead atoms. The van der Waals surface area contributed by atoms with E-state index in [0.29, 0.717) is 0 Å². The van der Waals surface area contributed by atoms with E-state index in [1.807, 2.05) is 0 Å². The number of ether oxygens (including phenoxy) is 1. The Balaban J connectivity index is 5.81. The quantitative estimate of drug-likeness (QED) is 0.476. The molecule has 0 aliphatic rings. The zero-order valence-corrected chi connectivity index (χ0v) is 11.7. The third-order valence-corrected chi connectivity index (χ3v) is 2.61. The fraction of sp³-hybridized carbons (Fsp3) is 0.667. The van der Waals surface area contributed by atoms with E-state index >= 15 is 0 Å². The highest BCUT2D eigenvalue weighted by molar-refractivity contribution is 5.93. The average molecular weight is 290 g/mol. The summed E-state index contributed by atoms with van der Waals surface area (Å²) in [5.41, 5.74) is -4.02. The summed E-state index contributed by atoms with van der Waals surface area (Å²) < 4.78 is 4.32. The van der Waals surface area contributed by atoms with Gasteiger partial charge in [0.2, 0.25) is 0 Å². The van der Waals surface area contributed by atoms with Crippen LogP contribution >= 0.6 is 0 Å². The first-order chi connectivity index (χ1) is 8.82. The Morgan fingerprint density at radius 3 is 1.80 bits per heavy atom. The third kappa shape index (κ3) is 4.30. The van der Waals surface area contributed by atoms with Crippen LogP contribution in [0.25, 0.3) is 0 Å². The van der Waals surface area contributed by atoms with Crippen LogP contribution in [-0.2, 0) is 23.9 Å². The summed E-state index contributed by atoms with van der Waals surface area (Å²) in [6, 6.07) is 0. The summed E-state index contributed by atoms with van der Waals surface area (Å²) in [7, 11) is 0. The van der Waals surface area contributed by atoms with Gasteiger partial charge in [0.15, 0.2) is 5.60 Å². The molecule has 0 aliphatic heterocycles. The second kappa shape index (κ2) is 6.00. The summed E-state index contributed by atoms with van der Waals surface area (Å²) in [6.07, 6.45) is -1.20. The molecule has 0 saturated carbocycles. The van der Waals surface area contributed by atoms with Gasteiger partial charge < -0.3 is 20.1 Å². The van der Waals surface area contributed by atoms with Crippen LogP contribution in [0.3, 0.4) is 0 Å². The van der Waals surface area contributed by atoms with Crippen LogP contribution < -0.4 is 0 Å². The Bertz CT molecular complexity index is 433. The summed E-state index contributed by atoms with van der Waals surface area (Å²) in [5.74, 6) is -7.46. The average Bonchev–Trinajstić information content (AvgIpc) is 2.11. The SMILES string of the molecule is CC(=O)OC(=O)C(C(C)(C)C)C(O)(CC(=O)O)C(=O)O. The second-order valence-corrected chi connectivity index (χ2v) is 5.51. The molecule has 0 aromatic heterocycles. The fourth-order valence-corrected chi connectivity index (χ4v) is 2.00. The predicted octanol–water partition coefficient (Wildman–Crippen LogP) is 0.0288. The van der Waals surface area contributed by atoms with Crippen molar-refractivity contribution in [1.82, 2.24) is 0 Å². The number of carbonyl (C=O) groups excluding carboxylic acids is 2. The largest absolute Gasteiger partial charge is 0.481 e. The van der Waals surface area contributed by atoms with E-state index in [1.54, 1.807) is 0 Å². The first-order valence-electron chi connectivity index (χ1n) is 5.72. The third-order valence-electron chi connectivity index (χ3n) is 2.61. The molecule has 114 valence electrons. The van der Waals surface area contributed by atoms with Gasteiger partial charge in [-0.2, -0.15) is 0 Å². The lowest BCUT2D eigenvalue weighted by Gasteiger charge is -2.37. The molecule has 0 saturated heterocycles. The topological polar surface area (TPSA) is 138 Å². The van der Waals surface area contributed by atoms with Crippen LogP contribution in [0.1, 0.15) is 34.1 Å². The minimum absolute atomic E-state index is 0.939. The lowest BCUT2D eigenvalue weighted by Crippen LogP contribution is -2.56. The van der Waals surface area contributed by atoms with Gasteiger partial charge in [0.1, 0.15) is 5.92 Å². The van der Waals surface area contributed by atoms with Crippen molar-refractivity contribution in [2.45, 2.75) is 39.7 Å². The van der Waals surface area contributed by atoms with Gasteiger partial charge in [0, 0.05) is 6.92 Å². The summed E-state index contributed by atoms with van der Waals surface area (Å²) in [5, 5.41) is 28.0. The van der Waals surface area contributed by atoms with E-state index in [1.165, 1.54) is 20.8 Å². The van der Waals surface area contributed by atoms with Crippen molar-refractivity contribution in [3.8, 4) is 0 Å². The lowest BCUT2D eigenvalue weighted by atomic mass is 9.69. The number of esters is 2. The van der Waals surface area contributed by atoms with Crippen molar-refractivity contribution in [2.24, 2.45) is 11.3 Å². The molecule has 20 heavy (non-hydrogen) atoms. The van der Waals surface area contributed by atoms with E-state index in [-0.39, 0.29) is 0 Å². The summed E-state index contributed by atoms with van der Waals surface area (Å²) in [4.78, 5) is 44.7. The monoisotopic (exact) mass is 290 g/mol. The lowest BCUT2D eigenvalue weighted by molar-refractivity contribution is -0.190. The molecule has 8 heteroatoms. The highest BCUT2D eigenvalue weighted by atomic mass is 16.6. The number of hydrogen-bond donors (Lipinski definition) is 3. The number of carbonyl (C=O) groups is 4. The smallest absolute Gasteiger partial charge is 0.337 e. The molecule has 8 nitrogen and oxygen atoms in total. The van der Waals surface area contributed by atoms with E-state index in [0.717, 1.165) is 6.92 Å². The van der Waals surface area contributed by atoms with Crippen LogP contribution in [0.4, 0.5) is 0 Å². The number of aliphatic carboxylic acids is 2. The molecule has 0 aliphatic carbocycles. The van der Waals surface area contributed by atoms with Crippen LogP contribution in [0, 0.1) is 11.3 Å². The highest BCUT2D eigenvalue weighted by Gasteiger charge is 2.55. The van der Waals surface area contributed by atoms with Gasteiger partial charge in [-0.3, -0.25) is 14.4 Å². The van der Waals surface area contributed by atoms with E-state index in [4.69, 9.17) is 10.2 Å². The first kappa shape index (κ1) is 18.0. The van der Waals surface area contributed by atoms with Gasteiger partial charge >= 0.3 is 23.9 Å². The molecular formula is C12H18O8. The van der Waals surface area contributed by atoms with Crippen molar-refractivity contribution in [1.29, 1.82) is 0 Å². The van der Waals surface area contributed by atoms with Gasteiger partial charge in [0.25, 0.3) is 0 Å². The normalized spacial score (nSPS) is 15.8. The maximum absolute atomic E-state index is 11.9. The number of carboxylic acid groups (broad SMARTS) is 2. The molecule has 0 spiro atoms. The molecule has 3 N–H and O–H groups in total. The maximum atomic E-state index is 11.9. The van der Waals surface area contributed by atoms with Gasteiger partial charge in [0.05, 0.1) is 6.42 Å². The Morgan fingerprint density at radius 1 is 1.10 bits per heavy atom. The van der Waals surface area contributed by atoms with Crippen molar-refractivity contribution >= 4 is 23.9 Å². The molecule has 0 heterocycles. The van der Waals surface area contributed by atoms with Gasteiger partial charge in [-0.1, -0.05) is 20.8 Å². The molecule has 0 radical (unpaired) electrons. The van der Waals surface area contributed by atoms with Crippen LogP contribution in [0.15, 0.2) is 0 Å². The standard InChI is InChI=1S/C12H18O8/c1-6(13)20-9(16)8(11(2,3)4)12(19,10(17)18)5-7(14)15/h8,19H,5H2,1-4H3,(H,14,15)(H,17,18). The molecule has 0 amide bonds. The van der Waals surface area contributed by atoms with Gasteiger partial charge in [-0.15, -0.1) is 0 Å². The van der Waals surface area contributed by atoms with Crippen LogP contribution in [0.2, 0.25) is 0 Å².